The summed E-state index contributed by atoms with van der Waals surface area (Å²) in [6.07, 6.45) is 4.82. The summed E-state index contributed by atoms with van der Waals surface area (Å²) in [5.74, 6) is 1.92. The molecule has 0 radical (unpaired) electrons. The molecule has 1 atom stereocenters. The lowest BCUT2D eigenvalue weighted by molar-refractivity contribution is -0.0495. The number of aliphatic imine (C=N–C) groups is 1. The number of anilines is 1. The summed E-state index contributed by atoms with van der Waals surface area (Å²) < 4.78 is 29.8. The van der Waals surface area contributed by atoms with E-state index in [-0.39, 0.29) is 11.8 Å². The van der Waals surface area contributed by atoms with E-state index >= 15 is 0 Å². The minimum atomic E-state index is -2.81. The van der Waals surface area contributed by atoms with Crippen LogP contribution in [0.4, 0.5) is 14.5 Å². The first-order valence-electron chi connectivity index (χ1n) is 8.91. The molecule has 2 aliphatic rings. The first-order valence-corrected chi connectivity index (χ1v) is 8.91. The third-order valence-electron chi connectivity index (χ3n) is 4.72. The minimum absolute atomic E-state index is 0.227. The highest BCUT2D eigenvalue weighted by molar-refractivity contribution is 5.80. The van der Waals surface area contributed by atoms with Crippen molar-refractivity contribution in [2.45, 2.75) is 38.3 Å². The number of ether oxygens (including phenoxy) is 1. The van der Waals surface area contributed by atoms with Crippen molar-refractivity contribution in [1.82, 2.24) is 10.6 Å². The smallest absolute Gasteiger partial charge is 0.387 e. The van der Waals surface area contributed by atoms with E-state index in [0.29, 0.717) is 5.69 Å². The molecule has 2 N–H and O–H groups in total. The van der Waals surface area contributed by atoms with Crippen LogP contribution in [0.2, 0.25) is 0 Å². The summed E-state index contributed by atoms with van der Waals surface area (Å²) in [6.45, 7) is -0.355. The van der Waals surface area contributed by atoms with Crippen LogP contribution >= 0.6 is 0 Å². The van der Waals surface area contributed by atoms with E-state index in [0.717, 1.165) is 37.9 Å². The summed E-state index contributed by atoms with van der Waals surface area (Å²) in [4.78, 5) is 6.35. The summed E-state index contributed by atoms with van der Waals surface area (Å²) >= 11 is 0. The monoisotopic (exact) mass is 352 g/mol. The third kappa shape index (κ3) is 5.21. The van der Waals surface area contributed by atoms with Crippen molar-refractivity contribution in [3.05, 3.63) is 24.3 Å². The molecular weight excluding hydrogens is 326 g/mol. The molecule has 2 fully saturated rings. The number of benzene rings is 1. The van der Waals surface area contributed by atoms with Gasteiger partial charge in [0.2, 0.25) is 0 Å². The molecule has 138 valence electrons. The molecular formula is C18H26F2N4O. The Morgan fingerprint density at radius 2 is 2.12 bits per heavy atom. The zero-order valence-electron chi connectivity index (χ0n) is 14.5. The van der Waals surface area contributed by atoms with E-state index in [1.54, 1.807) is 19.2 Å². The van der Waals surface area contributed by atoms with Crippen molar-refractivity contribution in [3.63, 3.8) is 0 Å². The van der Waals surface area contributed by atoms with Crippen molar-refractivity contribution in [1.29, 1.82) is 0 Å². The first kappa shape index (κ1) is 17.8. The minimum Gasteiger partial charge on any atom is -0.433 e. The second-order valence-corrected chi connectivity index (χ2v) is 6.65. The molecule has 1 saturated carbocycles. The number of nitrogens with one attached hydrogen (secondary N) is 2. The van der Waals surface area contributed by atoms with Gasteiger partial charge in [-0.05, 0) is 30.9 Å². The van der Waals surface area contributed by atoms with Crippen LogP contribution in [-0.4, -0.2) is 45.3 Å². The second kappa shape index (κ2) is 8.36. The van der Waals surface area contributed by atoms with Gasteiger partial charge in [0.1, 0.15) is 5.75 Å². The van der Waals surface area contributed by atoms with Gasteiger partial charge in [-0.2, -0.15) is 8.78 Å². The maximum Gasteiger partial charge on any atom is 0.387 e. The largest absolute Gasteiger partial charge is 0.433 e. The van der Waals surface area contributed by atoms with E-state index in [4.69, 9.17) is 0 Å². The molecule has 3 rings (SSSR count). The average Bonchev–Trinajstić information content (AvgIpc) is 3.30. The molecule has 1 saturated heterocycles. The zero-order valence-corrected chi connectivity index (χ0v) is 14.5. The van der Waals surface area contributed by atoms with E-state index in [1.807, 2.05) is 12.1 Å². The van der Waals surface area contributed by atoms with Crippen LogP contribution in [0, 0.1) is 5.92 Å². The van der Waals surface area contributed by atoms with Crippen molar-refractivity contribution < 1.29 is 13.5 Å². The normalized spacial score (nSPS) is 20.9. The number of hydrogen-bond donors (Lipinski definition) is 2. The molecule has 7 heteroatoms. The molecule has 1 unspecified atom stereocenters. The van der Waals surface area contributed by atoms with Crippen molar-refractivity contribution in [2.24, 2.45) is 10.9 Å². The number of guanidine groups is 1. The maximum absolute atomic E-state index is 12.6. The summed E-state index contributed by atoms with van der Waals surface area (Å²) in [5.41, 5.74) is 0.712. The van der Waals surface area contributed by atoms with Gasteiger partial charge in [-0.3, -0.25) is 4.99 Å². The Bertz CT molecular complexity index is 592. The molecule has 1 aromatic rings. The molecule has 0 aromatic heterocycles. The Morgan fingerprint density at radius 1 is 1.32 bits per heavy atom. The SMILES string of the molecule is CN=C(NCCC1CC1)NC1CCN(c2ccccc2OC(F)F)C1. The van der Waals surface area contributed by atoms with Crippen LogP contribution in [0.25, 0.3) is 0 Å². The van der Waals surface area contributed by atoms with Gasteiger partial charge < -0.3 is 20.3 Å². The molecule has 0 spiro atoms. The molecule has 0 bridgehead atoms. The predicted octanol–water partition coefficient (Wildman–Crippen LogP) is 2.83. The number of hydrogen-bond acceptors (Lipinski definition) is 3. The highest BCUT2D eigenvalue weighted by atomic mass is 19.3. The Labute approximate surface area is 147 Å². The molecule has 0 amide bonds. The Balaban J connectivity index is 1.52. The lowest BCUT2D eigenvalue weighted by atomic mass is 10.2. The van der Waals surface area contributed by atoms with Crippen LogP contribution in [0.15, 0.2) is 29.3 Å². The average molecular weight is 352 g/mol. The van der Waals surface area contributed by atoms with Gasteiger partial charge in [0, 0.05) is 32.7 Å². The molecule has 1 aliphatic carbocycles. The number of para-hydroxylation sites is 2. The first-order chi connectivity index (χ1) is 12.2. The van der Waals surface area contributed by atoms with Crippen LogP contribution < -0.4 is 20.3 Å². The molecule has 1 aromatic carbocycles. The molecule has 1 heterocycles. The lowest BCUT2D eigenvalue weighted by Crippen LogP contribution is -2.44. The summed E-state index contributed by atoms with van der Waals surface area (Å²) in [7, 11) is 1.77. The number of nitrogens with zero attached hydrogens (tertiary/aromatic N) is 2. The predicted molar refractivity (Wildman–Crippen MR) is 95.5 cm³/mol. The summed E-state index contributed by atoms with van der Waals surface area (Å²) in [6, 6.07) is 7.18. The Morgan fingerprint density at radius 3 is 2.84 bits per heavy atom. The molecule has 1 aliphatic heterocycles. The van der Waals surface area contributed by atoms with Gasteiger partial charge in [-0.1, -0.05) is 25.0 Å². The van der Waals surface area contributed by atoms with Gasteiger partial charge >= 0.3 is 6.61 Å². The third-order valence-corrected chi connectivity index (χ3v) is 4.72. The van der Waals surface area contributed by atoms with Gasteiger partial charge in [-0.15, -0.1) is 0 Å². The van der Waals surface area contributed by atoms with Gasteiger partial charge in [0.15, 0.2) is 5.96 Å². The number of alkyl halides is 2. The highest BCUT2D eigenvalue weighted by Crippen LogP contribution is 2.32. The van der Waals surface area contributed by atoms with Crippen LogP contribution in [0.5, 0.6) is 5.75 Å². The Hall–Kier alpha value is -2.05. The fraction of sp³-hybridized carbons (Fsp3) is 0.611. The quantitative estimate of drug-likeness (QED) is 0.585. The van der Waals surface area contributed by atoms with E-state index in [1.165, 1.54) is 19.3 Å². The fourth-order valence-corrected chi connectivity index (χ4v) is 3.20. The molecule has 25 heavy (non-hydrogen) atoms. The fourth-order valence-electron chi connectivity index (χ4n) is 3.20. The van der Waals surface area contributed by atoms with Crippen LogP contribution in [0.3, 0.4) is 0 Å². The topological polar surface area (TPSA) is 48.9 Å². The maximum atomic E-state index is 12.6. The standard InChI is InChI=1S/C18H26F2N4O/c1-21-18(22-10-8-13-6-7-13)23-14-9-11-24(12-14)15-4-2-3-5-16(15)25-17(19)20/h2-5,13-14,17H,6-12H2,1H3,(H2,21,22,23). The van der Waals surface area contributed by atoms with Gasteiger partial charge in [0.05, 0.1) is 5.69 Å². The van der Waals surface area contributed by atoms with Gasteiger partial charge in [-0.25, -0.2) is 0 Å². The van der Waals surface area contributed by atoms with Crippen LogP contribution in [0.1, 0.15) is 25.7 Å². The van der Waals surface area contributed by atoms with E-state index < -0.39 is 6.61 Å². The summed E-state index contributed by atoms with van der Waals surface area (Å²) in [5, 5.41) is 6.78. The van der Waals surface area contributed by atoms with Gasteiger partial charge in [0.25, 0.3) is 0 Å². The number of halogens is 2. The van der Waals surface area contributed by atoms with Crippen LogP contribution in [-0.2, 0) is 0 Å². The zero-order chi connectivity index (χ0) is 17.6. The van der Waals surface area contributed by atoms with Crippen molar-refractivity contribution in [2.75, 3.05) is 31.6 Å². The second-order valence-electron chi connectivity index (χ2n) is 6.65. The molecule has 5 nitrogen and oxygen atoms in total. The highest BCUT2D eigenvalue weighted by Gasteiger charge is 2.26. The van der Waals surface area contributed by atoms with Crippen molar-refractivity contribution in [3.8, 4) is 5.75 Å². The van der Waals surface area contributed by atoms with E-state index in [2.05, 4.69) is 25.3 Å². The number of rotatable bonds is 7. The Kier molecular flexibility index (Phi) is 5.94. The van der Waals surface area contributed by atoms with Crippen molar-refractivity contribution >= 4 is 11.6 Å². The lowest BCUT2D eigenvalue weighted by Gasteiger charge is -2.22. The van der Waals surface area contributed by atoms with E-state index in [9.17, 15) is 8.78 Å².